The molecule has 0 aliphatic rings. The molecule has 2 heterocycles. The van der Waals surface area contributed by atoms with E-state index < -0.39 is 22.8 Å². The maximum absolute atomic E-state index is 14.9. The molecule has 0 saturated heterocycles. The number of rotatable bonds is 16. The number of aromatic nitrogens is 3. The standard InChI is InChI=1S/C40H52F2N6O6.HI/c1-10-26-22-27(46-36-37-45-23-30(47(37)20-19-43-36)29-16-17-31(52-9)35(42)34(29)41)14-15-28(26)38(51)44-18-12-11-13-21-48(8,24-32(49)53-39(2,3)4)25-33(50)54-40(5,6)7;/h14-17,19-20,22-23H,10-13,18,21,24-25H2,1-9H3,(H-,43,44,46,51);1H. The van der Waals surface area contributed by atoms with Gasteiger partial charge in [0.15, 0.2) is 36.1 Å². The van der Waals surface area contributed by atoms with E-state index in [-0.39, 0.29) is 70.7 Å². The molecule has 55 heavy (non-hydrogen) atoms. The third kappa shape index (κ3) is 12.6. The van der Waals surface area contributed by atoms with Gasteiger partial charge < -0.3 is 53.3 Å². The summed E-state index contributed by atoms with van der Waals surface area (Å²) >= 11 is 0. The summed E-state index contributed by atoms with van der Waals surface area (Å²) in [5.74, 6) is -2.88. The highest BCUT2D eigenvalue weighted by Gasteiger charge is 2.33. The number of fused-ring (bicyclic) bond motifs is 1. The molecular formula is C40H53F2IN6O6. The van der Waals surface area contributed by atoms with Crippen LogP contribution in [0.1, 0.15) is 83.7 Å². The van der Waals surface area contributed by atoms with Gasteiger partial charge in [-0.05, 0) is 103 Å². The number of esters is 2. The molecule has 0 radical (unpaired) electrons. The lowest BCUT2D eigenvalue weighted by Crippen LogP contribution is -3.00. The molecule has 0 unspecified atom stereocenters. The van der Waals surface area contributed by atoms with Crippen molar-refractivity contribution in [3.63, 3.8) is 0 Å². The van der Waals surface area contributed by atoms with Gasteiger partial charge in [-0.25, -0.2) is 23.9 Å². The first-order valence-corrected chi connectivity index (χ1v) is 18.1. The van der Waals surface area contributed by atoms with E-state index in [1.807, 2.05) is 61.6 Å². The summed E-state index contributed by atoms with van der Waals surface area (Å²) in [6, 6.07) is 8.19. The zero-order chi connectivity index (χ0) is 39.8. The van der Waals surface area contributed by atoms with Crippen LogP contribution in [0, 0.1) is 11.6 Å². The number of hydrogen-bond donors (Lipinski definition) is 2. The fourth-order valence-electron chi connectivity index (χ4n) is 6.09. The van der Waals surface area contributed by atoms with Crippen LogP contribution in [0.5, 0.6) is 5.75 Å². The summed E-state index contributed by atoms with van der Waals surface area (Å²) in [4.78, 5) is 47.5. The predicted octanol–water partition coefficient (Wildman–Crippen LogP) is 4.02. The highest BCUT2D eigenvalue weighted by atomic mass is 127. The summed E-state index contributed by atoms with van der Waals surface area (Å²) in [5.41, 5.74) is 1.53. The molecular weight excluding hydrogens is 825 g/mol. The molecule has 12 nitrogen and oxygen atoms in total. The number of quaternary nitrogens is 1. The molecule has 0 aliphatic heterocycles. The zero-order valence-electron chi connectivity index (χ0n) is 33.1. The molecule has 0 spiro atoms. The van der Waals surface area contributed by atoms with Gasteiger partial charge in [-0.2, -0.15) is 4.39 Å². The smallest absolute Gasteiger partial charge is 0.362 e. The highest BCUT2D eigenvalue weighted by molar-refractivity contribution is 5.96. The van der Waals surface area contributed by atoms with E-state index in [0.717, 1.165) is 18.4 Å². The van der Waals surface area contributed by atoms with Gasteiger partial charge in [0.1, 0.15) is 11.2 Å². The van der Waals surface area contributed by atoms with Crippen molar-refractivity contribution in [3.05, 3.63) is 71.7 Å². The van der Waals surface area contributed by atoms with Gasteiger partial charge in [0.25, 0.3) is 5.91 Å². The molecule has 4 rings (SSSR count). The number of unbranched alkanes of at least 4 members (excludes halogenated alkanes) is 2. The average molecular weight is 879 g/mol. The number of anilines is 2. The SMILES string of the molecule is CCc1cc(Nc2nccn3c(-c4ccc(OC)c(F)c4F)cnc23)ccc1C(=O)NCCCCC[N+](C)(CC(=O)OC(C)(C)C)CC(=O)OC(C)(C)C.[I-]. The molecule has 0 fully saturated rings. The highest BCUT2D eigenvalue weighted by Crippen LogP contribution is 2.32. The van der Waals surface area contributed by atoms with Gasteiger partial charge in [0.2, 0.25) is 5.82 Å². The number of nitrogens with zero attached hydrogens (tertiary/aromatic N) is 4. The quantitative estimate of drug-likeness (QED) is 0.0742. The Kier molecular flexibility index (Phi) is 15.5. The summed E-state index contributed by atoms with van der Waals surface area (Å²) in [6.45, 7) is 13.9. The van der Waals surface area contributed by atoms with Crippen LogP contribution < -0.4 is 39.3 Å². The van der Waals surface area contributed by atoms with E-state index in [2.05, 4.69) is 20.6 Å². The second kappa shape index (κ2) is 19.0. The van der Waals surface area contributed by atoms with Crippen LogP contribution in [0.2, 0.25) is 0 Å². The Hall–Kier alpha value is -4.38. The molecule has 0 atom stereocenters. The Labute approximate surface area is 339 Å². The summed E-state index contributed by atoms with van der Waals surface area (Å²) in [5, 5.41) is 6.26. The van der Waals surface area contributed by atoms with Gasteiger partial charge in [-0.15, -0.1) is 0 Å². The minimum Gasteiger partial charge on any atom is -1.00 e. The van der Waals surface area contributed by atoms with Crippen LogP contribution in [-0.4, -0.2) is 88.2 Å². The molecule has 15 heteroatoms. The van der Waals surface area contributed by atoms with Gasteiger partial charge in [-0.1, -0.05) is 6.92 Å². The third-order valence-electron chi connectivity index (χ3n) is 8.49. The predicted molar refractivity (Wildman–Crippen MR) is 203 cm³/mol. The van der Waals surface area contributed by atoms with E-state index in [0.29, 0.717) is 54.3 Å². The molecule has 300 valence electrons. The lowest BCUT2D eigenvalue weighted by Gasteiger charge is -2.34. The lowest BCUT2D eigenvalue weighted by molar-refractivity contribution is -0.895. The van der Waals surface area contributed by atoms with Crippen molar-refractivity contribution >= 4 is 35.0 Å². The van der Waals surface area contributed by atoms with Gasteiger partial charge in [0, 0.05) is 35.8 Å². The molecule has 0 bridgehead atoms. The maximum Gasteiger partial charge on any atom is 0.362 e. The Morgan fingerprint density at radius 1 is 0.891 bits per heavy atom. The molecule has 0 aliphatic carbocycles. The number of carbonyl (C=O) groups excluding carboxylic acids is 3. The topological polar surface area (TPSA) is 133 Å². The van der Waals surface area contributed by atoms with E-state index in [9.17, 15) is 23.2 Å². The number of aryl methyl sites for hydroxylation is 1. The molecule has 0 saturated carbocycles. The summed E-state index contributed by atoms with van der Waals surface area (Å²) < 4.78 is 47.1. The van der Waals surface area contributed by atoms with E-state index in [1.165, 1.54) is 31.6 Å². The Morgan fingerprint density at radius 3 is 2.15 bits per heavy atom. The monoisotopic (exact) mass is 878 g/mol. The second-order valence-corrected chi connectivity index (χ2v) is 15.6. The van der Waals surface area contributed by atoms with Gasteiger partial charge in [0.05, 0.1) is 32.6 Å². The largest absolute Gasteiger partial charge is 1.00 e. The zero-order valence-corrected chi connectivity index (χ0v) is 35.3. The average Bonchev–Trinajstić information content (AvgIpc) is 3.50. The summed E-state index contributed by atoms with van der Waals surface area (Å²) in [6.07, 6.45) is 7.39. The van der Waals surface area contributed by atoms with E-state index >= 15 is 0 Å². The minimum absolute atomic E-state index is 0. The first-order valence-electron chi connectivity index (χ1n) is 18.1. The fourth-order valence-corrected chi connectivity index (χ4v) is 6.09. The number of methoxy groups -OCH3 is 1. The van der Waals surface area contributed by atoms with Crippen LogP contribution in [-0.2, 0) is 25.5 Å². The number of amides is 1. The molecule has 4 aromatic rings. The molecule has 1 amide bonds. The number of halogens is 3. The van der Waals surface area contributed by atoms with Crippen molar-refractivity contribution < 1.29 is 65.8 Å². The Morgan fingerprint density at radius 2 is 1.55 bits per heavy atom. The van der Waals surface area contributed by atoms with Crippen LogP contribution in [0.3, 0.4) is 0 Å². The number of hydrogen-bond acceptors (Lipinski definition) is 9. The summed E-state index contributed by atoms with van der Waals surface area (Å²) in [7, 11) is 3.13. The van der Waals surface area contributed by atoms with Crippen molar-refractivity contribution in [2.24, 2.45) is 0 Å². The first kappa shape index (κ1) is 45.0. The van der Waals surface area contributed by atoms with E-state index in [4.69, 9.17) is 14.2 Å². The van der Waals surface area contributed by atoms with E-state index in [1.54, 1.807) is 22.7 Å². The van der Waals surface area contributed by atoms with Crippen LogP contribution in [0.25, 0.3) is 16.9 Å². The lowest BCUT2D eigenvalue weighted by atomic mass is 10.0. The van der Waals surface area contributed by atoms with Crippen molar-refractivity contribution in [2.45, 2.75) is 85.4 Å². The van der Waals surface area contributed by atoms with Crippen LogP contribution in [0.4, 0.5) is 20.3 Å². The molecule has 2 aromatic heterocycles. The Balaban J connectivity index is 0.00000812. The van der Waals surface area contributed by atoms with Gasteiger partial charge in [-0.3, -0.25) is 9.20 Å². The second-order valence-electron chi connectivity index (χ2n) is 15.6. The third-order valence-corrected chi connectivity index (χ3v) is 8.49. The minimum atomic E-state index is -1.08. The maximum atomic E-state index is 14.9. The number of imidazole rings is 1. The molecule has 2 N–H and O–H groups in total. The van der Waals surface area contributed by atoms with Crippen molar-refractivity contribution in [3.8, 4) is 17.0 Å². The van der Waals surface area contributed by atoms with Crippen molar-refractivity contribution in [1.82, 2.24) is 19.7 Å². The van der Waals surface area contributed by atoms with Crippen molar-refractivity contribution in [1.29, 1.82) is 0 Å². The fraction of sp³-hybridized carbons (Fsp3) is 0.475. The number of likely N-dealkylation sites (N-methyl/N-ethyl adjacent to an activating group) is 1. The van der Waals surface area contributed by atoms with Crippen molar-refractivity contribution in [2.75, 3.05) is 45.7 Å². The number of carbonyl (C=O) groups is 3. The van der Waals surface area contributed by atoms with Crippen LogP contribution >= 0.6 is 0 Å². The number of nitrogens with one attached hydrogen (secondary N) is 2. The normalized spacial score (nSPS) is 11.8. The Bertz CT molecular complexity index is 1940. The number of benzene rings is 2. The number of ether oxygens (including phenoxy) is 3. The molecule has 2 aromatic carbocycles. The van der Waals surface area contributed by atoms with Crippen LogP contribution in [0.15, 0.2) is 48.9 Å². The van der Waals surface area contributed by atoms with Gasteiger partial charge >= 0.3 is 11.9 Å². The first-order chi connectivity index (χ1) is 25.3.